The summed E-state index contributed by atoms with van der Waals surface area (Å²) in [6.45, 7) is 2.09. The maximum Gasteiger partial charge on any atom is 0.260 e. The first kappa shape index (κ1) is 17.8. The van der Waals surface area contributed by atoms with Crippen LogP contribution >= 0.6 is 0 Å². The zero-order valence-corrected chi connectivity index (χ0v) is 16.0. The lowest BCUT2D eigenvalue weighted by molar-refractivity contribution is 0.0748. The second-order valence-corrected chi connectivity index (χ2v) is 7.70. The molecule has 0 radical (unpaired) electrons. The van der Waals surface area contributed by atoms with Gasteiger partial charge in [-0.25, -0.2) is 4.98 Å². The molecular weight excluding hydrogens is 340 g/mol. The fraction of sp³-hybridized carbons (Fsp3) is 0.429. The first-order chi connectivity index (χ1) is 13.0. The van der Waals surface area contributed by atoms with E-state index in [1.54, 1.807) is 18.1 Å². The number of fused-ring (bicyclic) bond motifs is 2. The van der Waals surface area contributed by atoms with E-state index in [-0.39, 0.29) is 17.9 Å². The van der Waals surface area contributed by atoms with Crippen molar-refractivity contribution in [2.24, 2.45) is 5.92 Å². The molecule has 1 amide bonds. The van der Waals surface area contributed by atoms with Crippen molar-refractivity contribution in [1.82, 2.24) is 4.98 Å². The van der Waals surface area contributed by atoms with Gasteiger partial charge in [-0.05, 0) is 37.3 Å². The Kier molecular flexibility index (Phi) is 4.52. The summed E-state index contributed by atoms with van der Waals surface area (Å²) < 4.78 is 0. The molecule has 27 heavy (non-hydrogen) atoms. The van der Waals surface area contributed by atoms with Crippen molar-refractivity contribution in [1.29, 1.82) is 0 Å². The first-order valence-electron chi connectivity index (χ1n) is 9.51. The summed E-state index contributed by atoms with van der Waals surface area (Å²) in [6.07, 6.45) is 4.23. The van der Waals surface area contributed by atoms with Gasteiger partial charge in [0.25, 0.3) is 5.91 Å². The maximum atomic E-state index is 12.8. The van der Waals surface area contributed by atoms with Crippen molar-refractivity contribution in [3.63, 3.8) is 0 Å². The number of aromatic nitrogens is 1. The summed E-state index contributed by atoms with van der Waals surface area (Å²) in [7, 11) is 3.77. The number of anilines is 4. The number of aliphatic hydroxyl groups is 1. The third-order valence-electron chi connectivity index (χ3n) is 5.86. The predicted molar refractivity (Wildman–Crippen MR) is 108 cm³/mol. The Hall–Kier alpha value is -2.60. The Labute approximate surface area is 159 Å². The van der Waals surface area contributed by atoms with Crippen molar-refractivity contribution in [2.45, 2.75) is 38.3 Å². The molecule has 4 rings (SSSR count). The molecule has 1 fully saturated rings. The van der Waals surface area contributed by atoms with Crippen LogP contribution in [0.25, 0.3) is 0 Å². The molecule has 1 saturated carbocycles. The Morgan fingerprint density at radius 2 is 1.89 bits per heavy atom. The van der Waals surface area contributed by atoms with Gasteiger partial charge in [-0.15, -0.1) is 0 Å². The van der Waals surface area contributed by atoms with E-state index in [4.69, 9.17) is 0 Å². The number of nitrogens with zero attached hydrogens (tertiary/aromatic N) is 3. The van der Waals surface area contributed by atoms with Crippen molar-refractivity contribution < 1.29 is 9.90 Å². The smallest absolute Gasteiger partial charge is 0.260 e. The molecule has 0 spiro atoms. The number of nitrogens with one attached hydrogen (secondary N) is 1. The molecule has 2 aromatic rings. The molecule has 6 heteroatoms. The predicted octanol–water partition coefficient (Wildman–Crippen LogP) is 3.40. The normalized spacial score (nSPS) is 24.9. The summed E-state index contributed by atoms with van der Waals surface area (Å²) in [5, 5.41) is 13.5. The number of amides is 1. The van der Waals surface area contributed by atoms with Gasteiger partial charge in [-0.2, -0.15) is 0 Å². The number of hydrogen-bond donors (Lipinski definition) is 2. The molecule has 1 aromatic carbocycles. The van der Waals surface area contributed by atoms with E-state index in [9.17, 15) is 9.90 Å². The number of benzene rings is 1. The van der Waals surface area contributed by atoms with Gasteiger partial charge >= 0.3 is 0 Å². The highest BCUT2D eigenvalue weighted by molar-refractivity contribution is 6.13. The number of rotatable bonds is 2. The molecule has 1 aromatic heterocycles. The average molecular weight is 366 g/mol. The standard InChI is InChI=1S/C21H26N4O2/c1-13-10-14(8-9-19(13)26)23-20-11-17-18(12-22-20)25(3)21(27)15-6-4-5-7-16(15)24(17)2/h4-7,11-14,19,26H,8-10H2,1-3H3,(H,22,23). The summed E-state index contributed by atoms with van der Waals surface area (Å²) >= 11 is 0. The SMILES string of the molecule is CC1CC(Nc2cc3c(cn2)N(C)C(=O)c2ccccc2N3C)CCC1O. The number of aliphatic hydroxyl groups excluding tert-OH is 1. The quantitative estimate of drug-likeness (QED) is 0.853. The molecule has 2 N–H and O–H groups in total. The molecule has 3 atom stereocenters. The summed E-state index contributed by atoms with van der Waals surface area (Å²) in [5.74, 6) is 1.05. The van der Waals surface area contributed by atoms with Gasteiger partial charge in [-0.3, -0.25) is 4.79 Å². The largest absolute Gasteiger partial charge is 0.393 e. The Balaban J connectivity index is 1.67. The van der Waals surface area contributed by atoms with Crippen LogP contribution < -0.4 is 15.1 Å². The van der Waals surface area contributed by atoms with Crippen LogP contribution in [0.4, 0.5) is 22.9 Å². The molecule has 2 heterocycles. The van der Waals surface area contributed by atoms with Crippen LogP contribution in [0.1, 0.15) is 36.5 Å². The zero-order valence-electron chi connectivity index (χ0n) is 16.0. The fourth-order valence-corrected chi connectivity index (χ4v) is 4.13. The Bertz CT molecular complexity index is 869. The second-order valence-electron chi connectivity index (χ2n) is 7.70. The minimum Gasteiger partial charge on any atom is -0.393 e. The van der Waals surface area contributed by atoms with Crippen molar-refractivity contribution >= 4 is 28.8 Å². The molecule has 6 nitrogen and oxygen atoms in total. The number of carbonyl (C=O) groups excluding carboxylic acids is 1. The Morgan fingerprint density at radius 3 is 2.67 bits per heavy atom. The lowest BCUT2D eigenvalue weighted by Crippen LogP contribution is -2.34. The van der Waals surface area contributed by atoms with Crippen molar-refractivity contribution in [3.05, 3.63) is 42.1 Å². The molecule has 0 bridgehead atoms. The van der Waals surface area contributed by atoms with E-state index < -0.39 is 0 Å². The number of hydrogen-bond acceptors (Lipinski definition) is 5. The average Bonchev–Trinajstić information content (AvgIpc) is 2.75. The van der Waals surface area contributed by atoms with E-state index in [0.29, 0.717) is 11.6 Å². The highest BCUT2D eigenvalue weighted by atomic mass is 16.3. The van der Waals surface area contributed by atoms with E-state index in [2.05, 4.69) is 17.2 Å². The zero-order chi connectivity index (χ0) is 19.1. The van der Waals surface area contributed by atoms with Crippen LogP contribution in [0, 0.1) is 5.92 Å². The highest BCUT2D eigenvalue weighted by Crippen LogP contribution is 2.40. The number of pyridine rings is 1. The van der Waals surface area contributed by atoms with Crippen molar-refractivity contribution in [3.8, 4) is 0 Å². The third kappa shape index (κ3) is 3.14. The fourth-order valence-electron chi connectivity index (χ4n) is 4.13. The molecule has 0 saturated heterocycles. The molecule has 1 aliphatic heterocycles. The summed E-state index contributed by atoms with van der Waals surface area (Å²) in [6, 6.07) is 9.97. The molecule has 3 unspecified atom stereocenters. The van der Waals surface area contributed by atoms with Gasteiger partial charge in [0.1, 0.15) is 5.82 Å². The first-order valence-corrected chi connectivity index (χ1v) is 9.51. The second kappa shape index (κ2) is 6.85. The summed E-state index contributed by atoms with van der Waals surface area (Å²) in [4.78, 5) is 21.1. The van der Waals surface area contributed by atoms with Crippen molar-refractivity contribution in [2.75, 3.05) is 29.2 Å². The minimum atomic E-state index is -0.203. The van der Waals surface area contributed by atoms with Gasteiger partial charge in [0.2, 0.25) is 0 Å². The molecular formula is C21H26N4O2. The van der Waals surface area contributed by atoms with Crippen LogP contribution in [-0.4, -0.2) is 42.2 Å². The Morgan fingerprint density at radius 1 is 1.11 bits per heavy atom. The van der Waals surface area contributed by atoms with Crippen LogP contribution in [0.2, 0.25) is 0 Å². The topological polar surface area (TPSA) is 68.7 Å². The molecule has 2 aliphatic rings. The van der Waals surface area contributed by atoms with Gasteiger partial charge in [0.05, 0.1) is 34.9 Å². The summed E-state index contributed by atoms with van der Waals surface area (Å²) in [5.41, 5.74) is 3.30. The van der Waals surface area contributed by atoms with Gasteiger partial charge < -0.3 is 20.2 Å². The van der Waals surface area contributed by atoms with Crippen LogP contribution in [-0.2, 0) is 0 Å². The van der Waals surface area contributed by atoms with E-state index in [1.807, 2.05) is 42.3 Å². The monoisotopic (exact) mass is 366 g/mol. The molecule has 142 valence electrons. The third-order valence-corrected chi connectivity index (χ3v) is 5.86. The van der Waals surface area contributed by atoms with Gasteiger partial charge in [-0.1, -0.05) is 19.1 Å². The van der Waals surface area contributed by atoms with Crippen LogP contribution in [0.3, 0.4) is 0 Å². The van der Waals surface area contributed by atoms with E-state index >= 15 is 0 Å². The number of para-hydroxylation sites is 1. The minimum absolute atomic E-state index is 0.0335. The lowest BCUT2D eigenvalue weighted by atomic mass is 9.84. The van der Waals surface area contributed by atoms with E-state index in [0.717, 1.165) is 42.1 Å². The van der Waals surface area contributed by atoms with E-state index in [1.165, 1.54) is 0 Å². The number of carbonyl (C=O) groups is 1. The van der Waals surface area contributed by atoms with Crippen LogP contribution in [0.5, 0.6) is 0 Å². The van der Waals surface area contributed by atoms with Gasteiger partial charge in [0, 0.05) is 26.2 Å². The maximum absolute atomic E-state index is 12.8. The van der Waals surface area contributed by atoms with Gasteiger partial charge in [0.15, 0.2) is 0 Å². The highest BCUT2D eigenvalue weighted by Gasteiger charge is 2.29. The molecule has 1 aliphatic carbocycles. The van der Waals surface area contributed by atoms with Crippen LogP contribution in [0.15, 0.2) is 36.5 Å². The lowest BCUT2D eigenvalue weighted by Gasteiger charge is -2.32.